The van der Waals surface area contributed by atoms with Crippen LogP contribution in [0.4, 0.5) is 14.5 Å². The highest BCUT2D eigenvalue weighted by Gasteiger charge is 2.26. The molecule has 1 amide bonds. The molecule has 7 heteroatoms. The zero-order valence-corrected chi connectivity index (χ0v) is 19.1. The number of benzene rings is 2. The van der Waals surface area contributed by atoms with Gasteiger partial charge in [-0.3, -0.25) is 4.79 Å². The van der Waals surface area contributed by atoms with Crippen LogP contribution in [0.25, 0.3) is 0 Å². The number of amides is 1. The number of hydrogen-bond acceptors (Lipinski definition) is 4. The first-order chi connectivity index (χ1) is 15.0. The van der Waals surface area contributed by atoms with Crippen molar-refractivity contribution in [2.24, 2.45) is 0 Å². The third-order valence-electron chi connectivity index (χ3n) is 5.85. The van der Waals surface area contributed by atoms with Crippen molar-refractivity contribution in [3.63, 3.8) is 0 Å². The molecular weight excluding hydrogens is 412 g/mol. The number of aliphatic hydroxyl groups is 1. The quantitative estimate of drug-likeness (QED) is 0.523. The molecule has 3 rings (SSSR count). The van der Waals surface area contributed by atoms with Gasteiger partial charge >= 0.3 is 0 Å². The molecule has 0 aromatic heterocycles. The summed E-state index contributed by atoms with van der Waals surface area (Å²) in [5.74, 6) is -1.68. The fraction of sp³-hybridized carbons (Fsp3) is 0.480. The third-order valence-corrected chi connectivity index (χ3v) is 5.85. The molecule has 1 aliphatic heterocycles. The zero-order valence-electron chi connectivity index (χ0n) is 19.1. The van der Waals surface area contributed by atoms with Crippen molar-refractivity contribution in [3.05, 3.63) is 64.7 Å². The average molecular weight is 446 g/mol. The smallest absolute Gasteiger partial charge is 0.217 e. The Kier molecular flexibility index (Phi) is 7.51. The van der Waals surface area contributed by atoms with E-state index in [1.54, 1.807) is 0 Å². The normalized spacial score (nSPS) is 17.8. The molecule has 1 heterocycles. The highest BCUT2D eigenvalue weighted by atomic mass is 19.1. The molecule has 0 radical (unpaired) electrons. The van der Waals surface area contributed by atoms with Crippen molar-refractivity contribution < 1.29 is 18.7 Å². The van der Waals surface area contributed by atoms with Crippen LogP contribution in [-0.2, 0) is 16.6 Å². The second-order valence-corrected chi connectivity index (χ2v) is 9.58. The van der Waals surface area contributed by atoms with E-state index in [4.69, 9.17) is 0 Å². The number of carbonyl (C=O) groups is 1. The molecule has 32 heavy (non-hydrogen) atoms. The van der Waals surface area contributed by atoms with Gasteiger partial charge in [-0.25, -0.2) is 8.78 Å². The largest absolute Gasteiger partial charge is 0.390 e. The lowest BCUT2D eigenvalue weighted by Gasteiger charge is -2.32. The Hall–Kier alpha value is -2.51. The van der Waals surface area contributed by atoms with Crippen LogP contribution < -0.4 is 16.0 Å². The Bertz CT molecular complexity index is 938. The van der Waals surface area contributed by atoms with Crippen LogP contribution >= 0.6 is 0 Å². The fourth-order valence-corrected chi connectivity index (χ4v) is 4.13. The van der Waals surface area contributed by atoms with Crippen molar-refractivity contribution in [3.8, 4) is 0 Å². The van der Waals surface area contributed by atoms with Gasteiger partial charge < -0.3 is 21.1 Å². The van der Waals surface area contributed by atoms with Crippen LogP contribution in [0.5, 0.6) is 0 Å². The van der Waals surface area contributed by atoms with Crippen molar-refractivity contribution in [2.75, 3.05) is 18.4 Å². The Labute approximate surface area is 188 Å². The summed E-state index contributed by atoms with van der Waals surface area (Å²) in [6.45, 7) is 8.91. The van der Waals surface area contributed by atoms with Gasteiger partial charge in [0, 0.05) is 37.8 Å². The number of aliphatic hydroxyl groups excluding tert-OH is 1. The van der Waals surface area contributed by atoms with E-state index < -0.39 is 23.8 Å². The van der Waals surface area contributed by atoms with Gasteiger partial charge in [0.1, 0.15) is 11.6 Å². The molecule has 0 aliphatic carbocycles. The minimum Gasteiger partial charge on any atom is -0.390 e. The van der Waals surface area contributed by atoms with Crippen molar-refractivity contribution in [1.29, 1.82) is 0 Å². The molecule has 1 aliphatic rings. The maximum absolute atomic E-state index is 13.6. The number of fused-ring (bicyclic) bond motifs is 1. The molecule has 2 aromatic carbocycles. The number of nitrogens with one attached hydrogen (secondary N) is 3. The standard InChI is InChI=1S/C25H33F2N3O2/c1-15(31)30-23(11-16-9-18(26)13-19(27)10-16)24(32)14-29-22-7-8-28-21-6-5-17(12-20(21)22)25(2,3)4/h5-6,9-10,12-13,22-24,28-29,32H,7-8,11,14H2,1-4H3,(H,30,31)/t22-,23-,24-/m0/s1. The summed E-state index contributed by atoms with van der Waals surface area (Å²) >= 11 is 0. The average Bonchev–Trinajstić information content (AvgIpc) is 2.69. The SMILES string of the molecule is CC(=O)N[C@@H](Cc1cc(F)cc(F)c1)[C@@H](O)CN[C@H]1CCNc2ccc(C(C)(C)C)cc21. The van der Waals surface area contributed by atoms with Gasteiger partial charge in [0.25, 0.3) is 0 Å². The number of hydrogen-bond donors (Lipinski definition) is 4. The summed E-state index contributed by atoms with van der Waals surface area (Å²) in [5, 5.41) is 20.4. The predicted octanol–water partition coefficient (Wildman–Crippen LogP) is 3.82. The first-order valence-corrected chi connectivity index (χ1v) is 11.0. The molecular formula is C25H33F2N3O2. The van der Waals surface area contributed by atoms with Crippen molar-refractivity contribution in [2.45, 2.75) is 64.1 Å². The van der Waals surface area contributed by atoms with E-state index in [-0.39, 0.29) is 30.3 Å². The zero-order chi connectivity index (χ0) is 23.5. The monoisotopic (exact) mass is 445 g/mol. The molecule has 0 saturated heterocycles. The van der Waals surface area contributed by atoms with E-state index in [9.17, 15) is 18.7 Å². The Morgan fingerprint density at radius 2 is 1.88 bits per heavy atom. The van der Waals surface area contributed by atoms with Crippen LogP contribution in [0.3, 0.4) is 0 Å². The predicted molar refractivity (Wildman–Crippen MR) is 123 cm³/mol. The fourth-order valence-electron chi connectivity index (χ4n) is 4.13. The van der Waals surface area contributed by atoms with E-state index in [0.29, 0.717) is 5.56 Å². The number of halogens is 2. The summed E-state index contributed by atoms with van der Waals surface area (Å²) in [6.07, 6.45) is 0.0378. The van der Waals surface area contributed by atoms with Gasteiger partial charge in [-0.2, -0.15) is 0 Å². The van der Waals surface area contributed by atoms with E-state index in [2.05, 4.69) is 54.9 Å². The topological polar surface area (TPSA) is 73.4 Å². The van der Waals surface area contributed by atoms with Gasteiger partial charge in [-0.15, -0.1) is 0 Å². The number of rotatable bonds is 7. The molecule has 5 nitrogen and oxygen atoms in total. The molecule has 2 aromatic rings. The van der Waals surface area contributed by atoms with Gasteiger partial charge in [0.2, 0.25) is 5.91 Å². The lowest BCUT2D eigenvalue weighted by atomic mass is 9.84. The van der Waals surface area contributed by atoms with Gasteiger partial charge in [-0.1, -0.05) is 32.9 Å². The summed E-state index contributed by atoms with van der Waals surface area (Å²) in [7, 11) is 0. The van der Waals surface area contributed by atoms with Gasteiger partial charge in [0.05, 0.1) is 12.1 Å². The molecule has 4 N–H and O–H groups in total. The van der Waals surface area contributed by atoms with Crippen LogP contribution in [0.2, 0.25) is 0 Å². The van der Waals surface area contributed by atoms with E-state index in [0.717, 1.165) is 30.3 Å². The Morgan fingerprint density at radius 3 is 2.50 bits per heavy atom. The van der Waals surface area contributed by atoms with Crippen molar-refractivity contribution in [1.82, 2.24) is 10.6 Å². The van der Waals surface area contributed by atoms with Crippen LogP contribution in [0.1, 0.15) is 56.8 Å². The minimum atomic E-state index is -0.936. The minimum absolute atomic E-state index is 0.0211. The first kappa shape index (κ1) is 24.1. The highest BCUT2D eigenvalue weighted by Crippen LogP contribution is 2.34. The van der Waals surface area contributed by atoms with E-state index in [1.807, 2.05) is 0 Å². The molecule has 0 bridgehead atoms. The summed E-state index contributed by atoms with van der Waals surface area (Å²) in [6, 6.07) is 9.04. The number of anilines is 1. The lowest BCUT2D eigenvalue weighted by Crippen LogP contribution is -2.48. The van der Waals surface area contributed by atoms with Crippen LogP contribution in [0, 0.1) is 11.6 Å². The summed E-state index contributed by atoms with van der Waals surface area (Å²) in [4.78, 5) is 11.7. The lowest BCUT2D eigenvalue weighted by molar-refractivity contribution is -0.120. The third kappa shape index (κ3) is 6.26. The van der Waals surface area contributed by atoms with E-state index in [1.165, 1.54) is 24.6 Å². The van der Waals surface area contributed by atoms with Crippen LogP contribution in [-0.4, -0.2) is 36.2 Å². The van der Waals surface area contributed by atoms with E-state index >= 15 is 0 Å². The summed E-state index contributed by atoms with van der Waals surface area (Å²) in [5.41, 5.74) is 3.86. The molecule has 0 saturated carbocycles. The Balaban J connectivity index is 1.72. The molecule has 0 unspecified atom stereocenters. The highest BCUT2D eigenvalue weighted by molar-refractivity contribution is 5.73. The maximum Gasteiger partial charge on any atom is 0.217 e. The molecule has 0 spiro atoms. The Morgan fingerprint density at radius 1 is 1.19 bits per heavy atom. The van der Waals surface area contributed by atoms with Crippen LogP contribution in [0.15, 0.2) is 36.4 Å². The van der Waals surface area contributed by atoms with Gasteiger partial charge in [-0.05, 0) is 53.1 Å². The second-order valence-electron chi connectivity index (χ2n) is 9.58. The molecule has 0 fully saturated rings. The molecule has 174 valence electrons. The van der Waals surface area contributed by atoms with Crippen molar-refractivity contribution >= 4 is 11.6 Å². The van der Waals surface area contributed by atoms with Gasteiger partial charge in [0.15, 0.2) is 0 Å². The molecule has 3 atom stereocenters. The second kappa shape index (κ2) is 9.96. The maximum atomic E-state index is 13.6. The summed E-state index contributed by atoms with van der Waals surface area (Å²) < 4.78 is 27.2. The first-order valence-electron chi connectivity index (χ1n) is 11.0. The number of carbonyl (C=O) groups excluding carboxylic acids is 1.